The van der Waals surface area contributed by atoms with E-state index in [-0.39, 0.29) is 18.1 Å². The van der Waals surface area contributed by atoms with Crippen LogP contribution in [0.25, 0.3) is 11.3 Å². The largest absolute Gasteiger partial charge is 0.416 e. The van der Waals surface area contributed by atoms with Gasteiger partial charge in [0.2, 0.25) is 0 Å². The van der Waals surface area contributed by atoms with Crippen LogP contribution in [0.4, 0.5) is 35.2 Å². The number of benzene rings is 2. The van der Waals surface area contributed by atoms with Crippen molar-refractivity contribution in [1.82, 2.24) is 4.98 Å². The molecule has 2 aliphatic heterocycles. The van der Waals surface area contributed by atoms with Crippen LogP contribution in [-0.2, 0) is 19.0 Å². The van der Waals surface area contributed by atoms with Crippen LogP contribution >= 0.6 is 0 Å². The number of alkyl halides is 3. The lowest BCUT2D eigenvalue weighted by molar-refractivity contribution is -0.137. The lowest BCUT2D eigenvalue weighted by atomic mass is 10.0. The number of carbonyl (C=O) groups is 1. The molecule has 0 aliphatic carbocycles. The van der Waals surface area contributed by atoms with Crippen LogP contribution < -0.4 is 15.1 Å². The van der Waals surface area contributed by atoms with Crippen molar-refractivity contribution in [2.24, 2.45) is 0 Å². The Bertz CT molecular complexity index is 1280. The number of nitrogens with zero attached hydrogens (tertiary/aromatic N) is 3. The van der Waals surface area contributed by atoms with Crippen LogP contribution in [-0.4, -0.2) is 29.6 Å². The first-order chi connectivity index (χ1) is 17.2. The van der Waals surface area contributed by atoms with Gasteiger partial charge in [0.1, 0.15) is 0 Å². The minimum Gasteiger partial charge on any atom is -0.364 e. The molecule has 0 spiro atoms. The topological polar surface area (TPSA) is 48.5 Å². The Kier molecular flexibility index (Phi) is 6.14. The number of aryl methyl sites for hydroxylation is 2. The van der Waals surface area contributed by atoms with Gasteiger partial charge in [0.15, 0.2) is 5.82 Å². The van der Waals surface area contributed by atoms with Gasteiger partial charge in [0, 0.05) is 23.8 Å². The van der Waals surface area contributed by atoms with Crippen molar-refractivity contribution in [3.05, 3.63) is 71.3 Å². The molecule has 5 nitrogen and oxygen atoms in total. The Balaban J connectivity index is 1.57. The maximum Gasteiger partial charge on any atom is 0.416 e. The Morgan fingerprint density at radius 3 is 2.42 bits per heavy atom. The van der Waals surface area contributed by atoms with Crippen molar-refractivity contribution in [1.29, 1.82) is 0 Å². The summed E-state index contributed by atoms with van der Waals surface area (Å²) in [4.78, 5) is 22.5. The zero-order valence-electron chi connectivity index (χ0n) is 20.6. The molecule has 2 aliphatic rings. The highest BCUT2D eigenvalue weighted by Crippen LogP contribution is 2.44. The molecule has 2 amide bonds. The molecule has 0 saturated carbocycles. The van der Waals surface area contributed by atoms with E-state index in [1.807, 2.05) is 24.3 Å². The molecular weight excluding hydrogens is 465 g/mol. The number of fused-ring (bicyclic) bond motifs is 4. The van der Waals surface area contributed by atoms with E-state index in [1.165, 1.54) is 6.07 Å². The van der Waals surface area contributed by atoms with Crippen molar-refractivity contribution >= 4 is 23.2 Å². The molecule has 2 atom stereocenters. The lowest BCUT2D eigenvalue weighted by Crippen LogP contribution is -2.53. The second-order valence-corrected chi connectivity index (χ2v) is 9.37. The van der Waals surface area contributed by atoms with E-state index in [9.17, 15) is 18.0 Å². The molecule has 3 heterocycles. The number of aromatic nitrogens is 1. The number of halogens is 3. The highest BCUT2D eigenvalue weighted by atomic mass is 19.4. The van der Waals surface area contributed by atoms with Crippen LogP contribution in [0.1, 0.15) is 43.9 Å². The summed E-state index contributed by atoms with van der Waals surface area (Å²) in [5.41, 5.74) is 3.81. The maximum absolute atomic E-state index is 13.8. The normalized spacial score (nSPS) is 18.8. The Morgan fingerprint density at radius 2 is 1.75 bits per heavy atom. The molecule has 2 aromatic carbocycles. The van der Waals surface area contributed by atoms with E-state index in [0.717, 1.165) is 60.4 Å². The van der Waals surface area contributed by atoms with E-state index in [1.54, 1.807) is 17.0 Å². The van der Waals surface area contributed by atoms with Crippen molar-refractivity contribution in [2.75, 3.05) is 21.7 Å². The average Bonchev–Trinajstić information content (AvgIpc) is 3.14. The number of carbonyl (C=O) groups excluding carboxylic acids is 1. The third-order valence-corrected chi connectivity index (χ3v) is 7.37. The predicted molar refractivity (Wildman–Crippen MR) is 137 cm³/mol. The summed E-state index contributed by atoms with van der Waals surface area (Å²) in [6, 6.07) is 14.5. The molecule has 0 radical (unpaired) electrons. The van der Waals surface area contributed by atoms with E-state index < -0.39 is 11.7 Å². The fourth-order valence-electron chi connectivity index (χ4n) is 5.44. The SMILES string of the molecule is CCc1cccc(CC)c1NC(=O)N1c2nc(-c3cccc(C(F)(F)F)c3)ccc2N2CC[C@H]1[C@@H]2C. The molecule has 8 heteroatoms. The second kappa shape index (κ2) is 9.15. The molecule has 36 heavy (non-hydrogen) atoms. The van der Waals surface area contributed by atoms with Gasteiger partial charge in [-0.1, -0.05) is 44.2 Å². The number of hydrogen-bond donors (Lipinski definition) is 1. The number of urea groups is 1. The van der Waals surface area contributed by atoms with Crippen LogP contribution in [0.5, 0.6) is 0 Å². The Hall–Kier alpha value is -3.55. The molecule has 188 valence electrons. The standard InChI is InChI=1S/C28H29F3N4O/c1-4-18-8-6-9-19(5-2)25(18)33-27(36)35-23-14-15-34(17(23)3)24-13-12-22(32-26(24)35)20-10-7-11-21(16-20)28(29,30)31/h6-13,16-17,23H,4-5,14-15H2,1-3H3,(H,33,36)/t17-,23-/m0/s1. The summed E-state index contributed by atoms with van der Waals surface area (Å²) in [6.45, 7) is 7.00. The van der Waals surface area contributed by atoms with Crippen LogP contribution in [0.3, 0.4) is 0 Å². The van der Waals surface area contributed by atoms with Gasteiger partial charge < -0.3 is 10.2 Å². The van der Waals surface area contributed by atoms with E-state index in [0.29, 0.717) is 17.1 Å². The van der Waals surface area contributed by atoms with E-state index in [4.69, 9.17) is 4.98 Å². The van der Waals surface area contributed by atoms with Gasteiger partial charge in [-0.05, 0) is 61.6 Å². The lowest BCUT2D eigenvalue weighted by Gasteiger charge is -2.40. The number of para-hydroxylation sites is 1. The monoisotopic (exact) mass is 494 g/mol. The molecule has 2 bridgehead atoms. The first kappa shape index (κ1) is 24.2. The summed E-state index contributed by atoms with van der Waals surface area (Å²) >= 11 is 0. The molecule has 3 aromatic rings. The summed E-state index contributed by atoms with van der Waals surface area (Å²) in [7, 11) is 0. The number of nitrogens with one attached hydrogen (secondary N) is 1. The molecule has 1 saturated heterocycles. The van der Waals surface area contributed by atoms with Crippen LogP contribution in [0, 0.1) is 0 Å². The van der Waals surface area contributed by atoms with Gasteiger partial charge in [0.05, 0.1) is 23.0 Å². The quantitative estimate of drug-likeness (QED) is 0.429. The minimum atomic E-state index is -4.44. The fourth-order valence-corrected chi connectivity index (χ4v) is 5.44. The molecular formula is C28H29F3N4O. The van der Waals surface area contributed by atoms with Crippen molar-refractivity contribution < 1.29 is 18.0 Å². The summed E-state index contributed by atoms with van der Waals surface area (Å²) in [6.07, 6.45) is -2.09. The number of anilines is 3. The van der Waals surface area contributed by atoms with Crippen molar-refractivity contribution in [3.8, 4) is 11.3 Å². The number of amides is 2. The van der Waals surface area contributed by atoms with Gasteiger partial charge >= 0.3 is 12.2 Å². The summed E-state index contributed by atoms with van der Waals surface area (Å²) in [5.74, 6) is 0.482. The third kappa shape index (κ3) is 4.08. The van der Waals surface area contributed by atoms with Gasteiger partial charge in [0.25, 0.3) is 0 Å². The Morgan fingerprint density at radius 1 is 1.06 bits per heavy atom. The van der Waals surface area contributed by atoms with Gasteiger partial charge in [-0.15, -0.1) is 0 Å². The molecule has 0 unspecified atom stereocenters. The van der Waals surface area contributed by atoms with E-state index in [2.05, 4.69) is 31.0 Å². The highest BCUT2D eigenvalue weighted by Gasteiger charge is 2.45. The van der Waals surface area contributed by atoms with Gasteiger partial charge in [-0.3, -0.25) is 4.90 Å². The minimum absolute atomic E-state index is 0.0828. The van der Waals surface area contributed by atoms with Gasteiger partial charge in [-0.25, -0.2) is 9.78 Å². The zero-order valence-corrected chi connectivity index (χ0v) is 20.6. The van der Waals surface area contributed by atoms with E-state index >= 15 is 0 Å². The summed E-state index contributed by atoms with van der Waals surface area (Å²) < 4.78 is 40.0. The third-order valence-electron chi connectivity index (χ3n) is 7.37. The second-order valence-electron chi connectivity index (χ2n) is 9.37. The number of rotatable bonds is 4. The van der Waals surface area contributed by atoms with Crippen molar-refractivity contribution in [3.63, 3.8) is 0 Å². The molecule has 1 N–H and O–H groups in total. The molecule has 5 rings (SSSR count). The smallest absolute Gasteiger partial charge is 0.364 e. The number of pyridine rings is 1. The zero-order chi connectivity index (χ0) is 25.6. The number of hydrogen-bond acceptors (Lipinski definition) is 3. The van der Waals surface area contributed by atoms with Crippen LogP contribution in [0.2, 0.25) is 0 Å². The highest BCUT2D eigenvalue weighted by molar-refractivity contribution is 6.05. The Labute approximate surface area is 208 Å². The molecule has 1 fully saturated rings. The fraction of sp³-hybridized carbons (Fsp3) is 0.357. The average molecular weight is 495 g/mol. The van der Waals surface area contributed by atoms with Crippen molar-refractivity contribution in [2.45, 2.75) is 58.3 Å². The van der Waals surface area contributed by atoms with Gasteiger partial charge in [-0.2, -0.15) is 13.2 Å². The predicted octanol–water partition coefficient (Wildman–Crippen LogP) is 6.91. The summed E-state index contributed by atoms with van der Waals surface area (Å²) in [5, 5.41) is 3.16. The molecule has 1 aromatic heterocycles. The first-order valence-corrected chi connectivity index (χ1v) is 12.4. The van der Waals surface area contributed by atoms with Crippen LogP contribution in [0.15, 0.2) is 54.6 Å². The maximum atomic E-state index is 13.8. The first-order valence-electron chi connectivity index (χ1n) is 12.4.